The Kier molecular flexibility index (Phi) is 6.69. The van der Waals surface area contributed by atoms with Crippen LogP contribution in [0, 0.1) is 12.3 Å². The first-order valence-electron chi connectivity index (χ1n) is 6.68. The second-order valence-electron chi connectivity index (χ2n) is 5.47. The monoisotopic (exact) mass is 298 g/mol. The van der Waals surface area contributed by atoms with Crippen LogP contribution in [0.25, 0.3) is 5.73 Å². The molecule has 1 aromatic rings. The molecule has 104 valence electrons. The molecule has 0 saturated carbocycles. The van der Waals surface area contributed by atoms with E-state index in [4.69, 9.17) is 17.2 Å². The first-order valence-corrected chi connectivity index (χ1v) is 6.68. The summed E-state index contributed by atoms with van der Waals surface area (Å²) >= 11 is 0. The number of benzene rings is 1. The van der Waals surface area contributed by atoms with Gasteiger partial charge < -0.3 is 28.9 Å². The molecular weight excluding hydrogens is 277 g/mol. The summed E-state index contributed by atoms with van der Waals surface area (Å²) in [4.78, 5) is 11.4. The maximum Gasteiger partial charge on any atom is 1.00 e. The van der Waals surface area contributed by atoms with Gasteiger partial charge in [0.25, 0.3) is 0 Å². The molecule has 0 aromatic heterocycles. The van der Waals surface area contributed by atoms with Gasteiger partial charge in [0.15, 0.2) is 0 Å². The number of anilines is 1. The Bertz CT molecular complexity index is 504. The zero-order chi connectivity index (χ0) is 14.0. The number of amides is 1. The minimum atomic E-state index is -0.762. The molecule has 0 bridgehead atoms. The molecule has 0 fully saturated rings. The smallest absolute Gasteiger partial charge is 0.670 e. The number of fused-ring (bicyclic) bond motifs is 1. The first kappa shape index (κ1) is 18.1. The number of nitrogens with one attached hydrogen (secondary N) is 1. The van der Waals surface area contributed by atoms with E-state index in [1.54, 1.807) is 0 Å². The maximum absolute atomic E-state index is 11.4. The van der Waals surface area contributed by atoms with Gasteiger partial charge >= 0.3 is 51.4 Å². The average Bonchev–Trinajstić information content (AvgIpc) is 2.52. The molecule has 1 unspecified atom stereocenters. The third-order valence-corrected chi connectivity index (χ3v) is 4.10. The normalized spacial score (nSPS) is 21.5. The van der Waals surface area contributed by atoms with Crippen molar-refractivity contribution >= 4 is 11.6 Å². The number of nitrogen functional groups attached to an aromatic ring is 1. The van der Waals surface area contributed by atoms with Gasteiger partial charge in [-0.15, -0.1) is 5.41 Å². The van der Waals surface area contributed by atoms with Crippen LogP contribution in [0.1, 0.15) is 29.5 Å². The van der Waals surface area contributed by atoms with Gasteiger partial charge in [0, 0.05) is 11.6 Å². The molecule has 1 aliphatic carbocycles. The van der Waals surface area contributed by atoms with Gasteiger partial charge in [0.05, 0.1) is 0 Å². The van der Waals surface area contributed by atoms with E-state index in [1.807, 2.05) is 6.07 Å². The van der Waals surface area contributed by atoms with Crippen molar-refractivity contribution in [1.82, 2.24) is 0 Å². The fourth-order valence-electron chi connectivity index (χ4n) is 2.70. The van der Waals surface area contributed by atoms with E-state index in [2.05, 4.69) is 13.0 Å². The number of rotatable bonds is 3. The summed E-state index contributed by atoms with van der Waals surface area (Å²) in [6.45, 7) is 4.54. The van der Waals surface area contributed by atoms with Gasteiger partial charge in [-0.05, 0) is 48.6 Å². The van der Waals surface area contributed by atoms with E-state index in [0.29, 0.717) is 19.4 Å². The molecule has 0 radical (unpaired) electrons. The van der Waals surface area contributed by atoms with Crippen molar-refractivity contribution in [3.63, 3.8) is 0 Å². The molecule has 0 aliphatic heterocycles. The molecule has 5 heteroatoms. The minimum absolute atomic E-state index is 0. The maximum atomic E-state index is 11.4. The van der Waals surface area contributed by atoms with Crippen LogP contribution in [0.5, 0.6) is 0 Å². The van der Waals surface area contributed by atoms with Crippen molar-refractivity contribution in [1.29, 1.82) is 0 Å². The minimum Gasteiger partial charge on any atom is -0.670 e. The molecule has 2 rings (SSSR count). The Hall–Kier alpha value is 0.0864. The van der Waals surface area contributed by atoms with E-state index in [1.165, 1.54) is 11.1 Å². The summed E-state index contributed by atoms with van der Waals surface area (Å²) in [6, 6.07) is 4.11. The van der Waals surface area contributed by atoms with Crippen molar-refractivity contribution in [3.8, 4) is 0 Å². The summed E-state index contributed by atoms with van der Waals surface area (Å²) in [5.41, 5.74) is 22.5. The van der Waals surface area contributed by atoms with Crippen LogP contribution in [0.3, 0.4) is 0 Å². The summed E-state index contributed by atoms with van der Waals surface area (Å²) in [5.74, 6) is -0.560. The molecule has 1 atom stereocenters. The van der Waals surface area contributed by atoms with Crippen LogP contribution in [0.15, 0.2) is 12.1 Å². The molecule has 0 heterocycles. The number of carbonyl (C=O) groups is 1. The van der Waals surface area contributed by atoms with Crippen molar-refractivity contribution in [2.75, 3.05) is 12.3 Å². The standard InChI is InChI=1S/C15H22N3O.K/c1-15(14(18)19)5-2-10-8-12(4-7-16)13(17)9-11(10)3-6-15;/h8-9H,1-7,16-17H2,(H2,18,19);/q-1;+1/p-1. The Morgan fingerprint density at radius 1 is 1.30 bits per heavy atom. The van der Waals surface area contributed by atoms with E-state index in [-0.39, 0.29) is 51.4 Å². The van der Waals surface area contributed by atoms with Gasteiger partial charge in [-0.1, -0.05) is 18.9 Å². The second kappa shape index (κ2) is 7.38. The molecule has 1 amide bonds. The number of hydrogen-bond acceptors (Lipinski definition) is 3. The third-order valence-electron chi connectivity index (χ3n) is 4.10. The number of nitrogens with two attached hydrogens (primary N) is 2. The Balaban J connectivity index is 0.00000200. The molecular formula is C15H21KN3O-. The molecule has 0 spiro atoms. The molecule has 0 saturated heterocycles. The van der Waals surface area contributed by atoms with Gasteiger partial charge in [-0.3, -0.25) is 0 Å². The summed E-state index contributed by atoms with van der Waals surface area (Å²) < 4.78 is 0. The number of aryl methyl sites for hydroxylation is 2. The van der Waals surface area contributed by atoms with Crippen LogP contribution in [0.4, 0.5) is 5.69 Å². The second-order valence-corrected chi connectivity index (χ2v) is 5.47. The first-order chi connectivity index (χ1) is 8.96. The van der Waals surface area contributed by atoms with Crippen LogP contribution in [0.2, 0.25) is 0 Å². The van der Waals surface area contributed by atoms with Crippen molar-refractivity contribution in [3.05, 3.63) is 41.5 Å². The van der Waals surface area contributed by atoms with E-state index < -0.39 is 11.3 Å². The molecule has 4 nitrogen and oxygen atoms in total. The van der Waals surface area contributed by atoms with Crippen LogP contribution in [-0.4, -0.2) is 12.5 Å². The van der Waals surface area contributed by atoms with E-state index >= 15 is 0 Å². The van der Waals surface area contributed by atoms with Gasteiger partial charge in [0.1, 0.15) is 0 Å². The molecule has 1 aliphatic rings. The fourth-order valence-corrected chi connectivity index (χ4v) is 2.70. The van der Waals surface area contributed by atoms with Crippen LogP contribution in [-0.2, 0) is 24.1 Å². The third kappa shape index (κ3) is 3.84. The molecule has 1 aromatic carbocycles. The zero-order valence-electron chi connectivity index (χ0n) is 12.2. The predicted octanol–water partition coefficient (Wildman–Crippen LogP) is -0.948. The Morgan fingerprint density at radius 3 is 2.35 bits per heavy atom. The predicted molar refractivity (Wildman–Crippen MR) is 77.4 cm³/mol. The van der Waals surface area contributed by atoms with Gasteiger partial charge in [0.2, 0.25) is 0 Å². The van der Waals surface area contributed by atoms with Crippen molar-refractivity contribution in [2.24, 2.45) is 11.1 Å². The van der Waals surface area contributed by atoms with E-state index in [9.17, 15) is 4.79 Å². The van der Waals surface area contributed by atoms with Gasteiger partial charge in [-0.25, -0.2) is 0 Å². The van der Waals surface area contributed by atoms with Crippen LogP contribution >= 0.6 is 0 Å². The quantitative estimate of drug-likeness (QED) is 0.326. The van der Waals surface area contributed by atoms with E-state index in [0.717, 1.165) is 30.5 Å². The van der Waals surface area contributed by atoms with Crippen molar-refractivity contribution < 1.29 is 56.2 Å². The SMILES string of the molecule is [CH2-]C1(C([NH-])=O)CCc2cc(N)c(CCN)cc2CC1.[K+]. The zero-order valence-corrected chi connectivity index (χ0v) is 15.3. The van der Waals surface area contributed by atoms with Crippen LogP contribution < -0.4 is 62.9 Å². The number of hydrogen-bond donors (Lipinski definition) is 2. The topological polar surface area (TPSA) is 92.9 Å². The summed E-state index contributed by atoms with van der Waals surface area (Å²) in [6.07, 6.45) is 3.57. The number of carbonyl (C=O) groups excluding carboxylic acids is 1. The molecule has 5 N–H and O–H groups in total. The molecule has 20 heavy (non-hydrogen) atoms. The largest absolute Gasteiger partial charge is 1.00 e. The van der Waals surface area contributed by atoms with Gasteiger partial charge in [-0.2, -0.15) is 0 Å². The van der Waals surface area contributed by atoms with Crippen molar-refractivity contribution in [2.45, 2.75) is 32.1 Å². The average molecular weight is 298 g/mol. The summed E-state index contributed by atoms with van der Waals surface area (Å²) in [7, 11) is 0. The summed E-state index contributed by atoms with van der Waals surface area (Å²) in [5, 5.41) is 0. The Labute approximate surface area is 163 Å². The fraction of sp³-hybridized carbons (Fsp3) is 0.467. The Morgan fingerprint density at radius 2 is 1.85 bits per heavy atom.